The molecule has 2 N–H and O–H groups in total. The summed E-state index contributed by atoms with van der Waals surface area (Å²) in [6.45, 7) is 2.26. The number of halogens is 2. The Hall–Kier alpha value is -1.21. The molecule has 0 aromatic heterocycles. The minimum Gasteiger partial charge on any atom is -0.396 e. The van der Waals surface area contributed by atoms with Gasteiger partial charge >= 0.3 is 0 Å². The van der Waals surface area contributed by atoms with Gasteiger partial charge in [-0.05, 0) is 31.0 Å². The smallest absolute Gasteiger partial charge is 0.253 e. The van der Waals surface area contributed by atoms with Gasteiger partial charge in [0.05, 0.1) is 23.3 Å². The number of ether oxygens (including phenoxy) is 1. The molecule has 3 rings (SSSR count). The van der Waals surface area contributed by atoms with Crippen LogP contribution >= 0.6 is 11.6 Å². The second-order valence-electron chi connectivity index (χ2n) is 6.11. The molecule has 0 radical (unpaired) electrons. The lowest BCUT2D eigenvalue weighted by Gasteiger charge is -2.34. The fourth-order valence-electron chi connectivity index (χ4n) is 3.30. The van der Waals surface area contributed by atoms with Crippen molar-refractivity contribution in [3.8, 4) is 0 Å². The molecule has 1 amide bonds. The molecule has 0 saturated carbocycles. The SMILES string of the molecule is O=C(N[C@@H]1C[C@H]2CO[C@@H](CCO)CN2C1)c1ccc(F)cc1Cl. The summed E-state index contributed by atoms with van der Waals surface area (Å²) in [5, 5.41) is 12.1. The number of amides is 1. The molecule has 23 heavy (non-hydrogen) atoms. The molecule has 2 fully saturated rings. The Balaban J connectivity index is 1.58. The molecule has 0 bridgehead atoms. The highest BCUT2D eigenvalue weighted by Crippen LogP contribution is 2.25. The lowest BCUT2D eigenvalue weighted by Crippen LogP contribution is -2.46. The van der Waals surface area contributed by atoms with Crippen molar-refractivity contribution >= 4 is 17.5 Å². The van der Waals surface area contributed by atoms with E-state index in [0.29, 0.717) is 19.1 Å². The van der Waals surface area contributed by atoms with Crippen LogP contribution < -0.4 is 5.32 Å². The Bertz CT molecular complexity index is 586. The van der Waals surface area contributed by atoms with Gasteiger partial charge in [-0.25, -0.2) is 4.39 Å². The first-order chi connectivity index (χ1) is 11.1. The molecule has 2 saturated heterocycles. The third-order valence-electron chi connectivity index (χ3n) is 4.45. The molecule has 126 valence electrons. The van der Waals surface area contributed by atoms with E-state index in [1.165, 1.54) is 12.1 Å². The van der Waals surface area contributed by atoms with E-state index in [2.05, 4.69) is 10.2 Å². The normalized spacial score (nSPS) is 27.7. The summed E-state index contributed by atoms with van der Waals surface area (Å²) >= 11 is 5.93. The Morgan fingerprint density at radius 3 is 3.04 bits per heavy atom. The number of rotatable bonds is 4. The minimum absolute atomic E-state index is 0.0186. The third-order valence-corrected chi connectivity index (χ3v) is 4.77. The van der Waals surface area contributed by atoms with Gasteiger partial charge in [0, 0.05) is 31.8 Å². The molecule has 0 aliphatic carbocycles. The van der Waals surface area contributed by atoms with Gasteiger partial charge in [-0.3, -0.25) is 9.69 Å². The van der Waals surface area contributed by atoms with E-state index in [-0.39, 0.29) is 35.2 Å². The van der Waals surface area contributed by atoms with Crippen LogP contribution in [0.4, 0.5) is 4.39 Å². The predicted octanol–water partition coefficient (Wildman–Crippen LogP) is 1.43. The van der Waals surface area contributed by atoms with Gasteiger partial charge in [-0.1, -0.05) is 11.6 Å². The molecule has 2 aliphatic rings. The molecule has 1 aromatic rings. The number of fused-ring (bicyclic) bond motifs is 1. The van der Waals surface area contributed by atoms with Crippen LogP contribution in [0.1, 0.15) is 23.2 Å². The first kappa shape index (κ1) is 16.6. The molecule has 2 aliphatic heterocycles. The number of morpholine rings is 1. The topological polar surface area (TPSA) is 61.8 Å². The van der Waals surface area contributed by atoms with E-state index in [1.807, 2.05) is 0 Å². The van der Waals surface area contributed by atoms with Crippen LogP contribution in [0.25, 0.3) is 0 Å². The molecule has 0 spiro atoms. The fourth-order valence-corrected chi connectivity index (χ4v) is 3.56. The summed E-state index contributed by atoms with van der Waals surface area (Å²) in [7, 11) is 0. The van der Waals surface area contributed by atoms with E-state index in [4.69, 9.17) is 21.4 Å². The number of nitrogens with zero attached hydrogens (tertiary/aromatic N) is 1. The molecule has 0 unspecified atom stereocenters. The van der Waals surface area contributed by atoms with Crippen LogP contribution in [0.15, 0.2) is 18.2 Å². The molecular formula is C16H20ClFN2O3. The average molecular weight is 343 g/mol. The van der Waals surface area contributed by atoms with Gasteiger partial charge in [-0.2, -0.15) is 0 Å². The molecule has 7 heteroatoms. The summed E-state index contributed by atoms with van der Waals surface area (Å²) in [6, 6.07) is 4.08. The van der Waals surface area contributed by atoms with Crippen molar-refractivity contribution < 1.29 is 19.0 Å². The summed E-state index contributed by atoms with van der Waals surface area (Å²) in [5.74, 6) is -0.746. The lowest BCUT2D eigenvalue weighted by molar-refractivity contribution is -0.0566. The lowest BCUT2D eigenvalue weighted by atomic mass is 10.1. The maximum absolute atomic E-state index is 13.1. The maximum Gasteiger partial charge on any atom is 0.253 e. The molecule has 5 nitrogen and oxygen atoms in total. The van der Waals surface area contributed by atoms with Crippen molar-refractivity contribution in [2.75, 3.05) is 26.3 Å². The zero-order valence-electron chi connectivity index (χ0n) is 12.7. The second kappa shape index (κ2) is 7.13. The van der Waals surface area contributed by atoms with Crippen LogP contribution in [0.5, 0.6) is 0 Å². The van der Waals surface area contributed by atoms with Crippen molar-refractivity contribution in [2.45, 2.75) is 31.0 Å². The van der Waals surface area contributed by atoms with Gasteiger partial charge in [0.2, 0.25) is 0 Å². The van der Waals surface area contributed by atoms with E-state index in [0.717, 1.165) is 25.6 Å². The first-order valence-corrected chi connectivity index (χ1v) is 8.17. The molecule has 2 heterocycles. The molecule has 1 aromatic carbocycles. The van der Waals surface area contributed by atoms with Crippen molar-refractivity contribution in [1.29, 1.82) is 0 Å². The number of benzene rings is 1. The monoisotopic (exact) mass is 342 g/mol. The third kappa shape index (κ3) is 3.83. The van der Waals surface area contributed by atoms with Crippen molar-refractivity contribution in [3.05, 3.63) is 34.6 Å². The molecular weight excluding hydrogens is 323 g/mol. The zero-order chi connectivity index (χ0) is 16.4. The van der Waals surface area contributed by atoms with Gasteiger partial charge in [0.1, 0.15) is 5.82 Å². The number of nitrogens with one attached hydrogen (secondary N) is 1. The summed E-state index contributed by atoms with van der Waals surface area (Å²) < 4.78 is 18.8. The Kier molecular flexibility index (Phi) is 5.16. The van der Waals surface area contributed by atoms with Gasteiger partial charge in [0.25, 0.3) is 5.91 Å². The standard InChI is InChI=1S/C16H20ClFN2O3/c17-15-5-10(18)1-2-14(15)16(22)19-11-6-12-9-23-13(3-4-21)8-20(12)7-11/h1-2,5,11-13,21H,3-4,6-9H2,(H,19,22)/t11-,12+,13+/m1/s1. The largest absolute Gasteiger partial charge is 0.396 e. The highest BCUT2D eigenvalue weighted by atomic mass is 35.5. The summed E-state index contributed by atoms with van der Waals surface area (Å²) in [6.07, 6.45) is 1.50. The van der Waals surface area contributed by atoms with Crippen LogP contribution in [-0.2, 0) is 4.74 Å². The highest BCUT2D eigenvalue weighted by molar-refractivity contribution is 6.33. The average Bonchev–Trinajstić information content (AvgIpc) is 2.88. The van der Waals surface area contributed by atoms with E-state index in [1.54, 1.807) is 0 Å². The second-order valence-corrected chi connectivity index (χ2v) is 6.51. The quantitative estimate of drug-likeness (QED) is 0.869. The van der Waals surface area contributed by atoms with E-state index in [9.17, 15) is 9.18 Å². The number of hydrogen-bond acceptors (Lipinski definition) is 4. The van der Waals surface area contributed by atoms with Crippen molar-refractivity contribution in [1.82, 2.24) is 10.2 Å². The van der Waals surface area contributed by atoms with Crippen LogP contribution in [0.3, 0.4) is 0 Å². The molecule has 3 atom stereocenters. The number of aliphatic hydroxyl groups excluding tert-OH is 1. The Morgan fingerprint density at radius 1 is 1.48 bits per heavy atom. The Labute approximate surface area is 139 Å². The Morgan fingerprint density at radius 2 is 2.30 bits per heavy atom. The number of carbonyl (C=O) groups is 1. The number of carbonyl (C=O) groups excluding carboxylic acids is 1. The summed E-state index contributed by atoms with van der Waals surface area (Å²) in [4.78, 5) is 14.6. The zero-order valence-corrected chi connectivity index (χ0v) is 13.4. The van der Waals surface area contributed by atoms with Crippen molar-refractivity contribution in [3.63, 3.8) is 0 Å². The summed E-state index contributed by atoms with van der Waals surface area (Å²) in [5.41, 5.74) is 0.285. The minimum atomic E-state index is -0.461. The number of hydrogen-bond donors (Lipinski definition) is 2. The van der Waals surface area contributed by atoms with Gasteiger partial charge in [-0.15, -0.1) is 0 Å². The first-order valence-electron chi connectivity index (χ1n) is 7.79. The fraction of sp³-hybridized carbons (Fsp3) is 0.562. The van der Waals surface area contributed by atoms with Crippen molar-refractivity contribution in [2.24, 2.45) is 0 Å². The van der Waals surface area contributed by atoms with Gasteiger partial charge < -0.3 is 15.2 Å². The van der Waals surface area contributed by atoms with E-state index >= 15 is 0 Å². The predicted molar refractivity (Wildman–Crippen MR) is 84.1 cm³/mol. The maximum atomic E-state index is 13.1. The van der Waals surface area contributed by atoms with Crippen LogP contribution in [-0.4, -0.2) is 60.4 Å². The van der Waals surface area contributed by atoms with Gasteiger partial charge in [0.15, 0.2) is 0 Å². The number of aliphatic hydroxyl groups is 1. The van der Waals surface area contributed by atoms with Crippen LogP contribution in [0.2, 0.25) is 5.02 Å². The van der Waals surface area contributed by atoms with E-state index < -0.39 is 5.82 Å². The highest BCUT2D eigenvalue weighted by Gasteiger charge is 2.37. The van der Waals surface area contributed by atoms with Crippen LogP contribution in [0, 0.1) is 5.82 Å².